The van der Waals surface area contributed by atoms with E-state index in [-0.39, 0.29) is 0 Å². The lowest BCUT2D eigenvalue weighted by molar-refractivity contribution is 0.414. The maximum absolute atomic E-state index is 12.4. The lowest BCUT2D eigenvalue weighted by atomic mass is 9.84. The van der Waals surface area contributed by atoms with Crippen LogP contribution in [0.1, 0.15) is 16.7 Å². The first-order chi connectivity index (χ1) is 11.3. The quantitative estimate of drug-likeness (QED) is 0.514. The summed E-state index contributed by atoms with van der Waals surface area (Å²) in [5.74, 6) is 0.777. The van der Waals surface area contributed by atoms with Crippen molar-refractivity contribution in [2.75, 3.05) is 7.11 Å². The second kappa shape index (κ2) is 6.71. The zero-order valence-corrected chi connectivity index (χ0v) is 13.6. The van der Waals surface area contributed by atoms with Gasteiger partial charge in [0, 0.05) is 20.9 Å². The number of rotatable bonds is 5. The van der Waals surface area contributed by atoms with Gasteiger partial charge in [0.25, 0.3) is 0 Å². The molecule has 0 bridgehead atoms. The lowest BCUT2D eigenvalue weighted by Crippen LogP contribution is -2.28. The summed E-state index contributed by atoms with van der Waals surface area (Å²) in [4.78, 5) is 0. The fraction of sp³-hybridized carbons (Fsp3) is 0.100. The Morgan fingerprint density at radius 3 is 1.52 bits per heavy atom. The molecule has 0 N–H and O–H groups in total. The molecule has 0 saturated heterocycles. The number of hydrogen-bond donors (Lipinski definition) is 0. The van der Waals surface area contributed by atoms with Crippen molar-refractivity contribution in [1.82, 2.24) is 0 Å². The molecule has 23 heavy (non-hydrogen) atoms. The van der Waals surface area contributed by atoms with Crippen LogP contribution in [0, 0.1) is 0 Å². The van der Waals surface area contributed by atoms with Crippen molar-refractivity contribution in [3.63, 3.8) is 0 Å². The summed E-state index contributed by atoms with van der Waals surface area (Å²) in [6.07, 6.45) is 0. The van der Waals surface area contributed by atoms with Gasteiger partial charge in [0.1, 0.15) is 5.75 Å². The van der Waals surface area contributed by atoms with Crippen LogP contribution >= 0.6 is 0 Å². The first-order valence-corrected chi connectivity index (χ1v) is 8.12. The molecule has 0 unspecified atom stereocenters. The van der Waals surface area contributed by atoms with Crippen LogP contribution < -0.4 is 4.74 Å². The van der Waals surface area contributed by atoms with Crippen LogP contribution in [0.5, 0.6) is 5.75 Å². The highest BCUT2D eigenvalue weighted by Gasteiger charge is 2.50. The molecule has 0 aliphatic heterocycles. The highest BCUT2D eigenvalue weighted by molar-refractivity contribution is 7.67. The molecule has 0 aliphatic rings. The number of hydrogen-bond acceptors (Lipinski definition) is 2. The van der Waals surface area contributed by atoms with Gasteiger partial charge in [-0.1, -0.05) is 60.7 Å². The van der Waals surface area contributed by atoms with Crippen molar-refractivity contribution in [3.8, 4) is 5.75 Å². The standard InChI is InChI=1S/C20H17O2S/c1-22-19-14-12-18(13-15-19)20(23-21,16-8-4-2-5-9-16)17-10-6-3-7-11-17/h2-15H,1H3/q+1. The molecule has 0 saturated carbocycles. The molecule has 3 heteroatoms. The third-order valence-electron chi connectivity index (χ3n) is 3.98. The Morgan fingerprint density at radius 1 is 0.696 bits per heavy atom. The third kappa shape index (κ3) is 2.76. The van der Waals surface area contributed by atoms with Gasteiger partial charge >= 0.3 is 16.4 Å². The molecule has 2 nitrogen and oxygen atoms in total. The van der Waals surface area contributed by atoms with Gasteiger partial charge in [-0.15, -0.1) is 0 Å². The van der Waals surface area contributed by atoms with E-state index in [1.54, 1.807) is 7.11 Å². The molecule has 3 aromatic rings. The normalized spacial score (nSPS) is 11.0. The molecule has 3 rings (SSSR count). The largest absolute Gasteiger partial charge is 0.497 e. The smallest absolute Gasteiger partial charge is 0.481 e. The van der Waals surface area contributed by atoms with Crippen LogP contribution in [0.4, 0.5) is 0 Å². The number of benzene rings is 3. The molecule has 114 valence electrons. The summed E-state index contributed by atoms with van der Waals surface area (Å²) in [7, 11) is 1.64. The predicted octanol–water partition coefficient (Wildman–Crippen LogP) is 4.42. The molecule has 0 fully saturated rings. The first-order valence-electron chi connectivity index (χ1n) is 7.38. The summed E-state index contributed by atoms with van der Waals surface area (Å²) in [6, 6.07) is 27.5. The molecule has 0 heterocycles. The first kappa shape index (κ1) is 15.4. The summed E-state index contributed by atoms with van der Waals surface area (Å²) in [5.41, 5.74) is 2.88. The highest BCUT2D eigenvalue weighted by Crippen LogP contribution is 2.39. The Bertz CT molecular complexity index is 728. The summed E-state index contributed by atoms with van der Waals surface area (Å²) >= 11 is 0.599. The van der Waals surface area contributed by atoms with Gasteiger partial charge in [-0.05, 0) is 24.3 Å². The van der Waals surface area contributed by atoms with Crippen molar-refractivity contribution in [3.05, 3.63) is 102 Å². The van der Waals surface area contributed by atoms with Crippen molar-refractivity contribution in [2.24, 2.45) is 0 Å². The van der Waals surface area contributed by atoms with Gasteiger partial charge < -0.3 is 4.74 Å². The van der Waals surface area contributed by atoms with Crippen LogP contribution in [0.3, 0.4) is 0 Å². The van der Waals surface area contributed by atoms with Gasteiger partial charge in [-0.25, -0.2) is 0 Å². The maximum atomic E-state index is 12.4. The van der Waals surface area contributed by atoms with Gasteiger partial charge in [0.15, 0.2) is 0 Å². The Morgan fingerprint density at radius 2 is 1.13 bits per heavy atom. The fourth-order valence-corrected chi connectivity index (χ4v) is 3.51. The second-order valence-corrected chi connectivity index (χ2v) is 6.00. The molecular formula is C20H17O2S+. The highest BCUT2D eigenvalue weighted by atomic mass is 32.1. The molecule has 0 aliphatic carbocycles. The zero-order chi connectivity index (χ0) is 16.1. The van der Waals surface area contributed by atoms with E-state index in [1.807, 2.05) is 84.9 Å². The SMILES string of the molecule is COc1ccc(C([S+]=O)(c2ccccc2)c2ccccc2)cc1. The van der Waals surface area contributed by atoms with Crippen LogP contribution in [0.2, 0.25) is 0 Å². The minimum atomic E-state index is -0.783. The Kier molecular flexibility index (Phi) is 4.49. The van der Waals surface area contributed by atoms with E-state index in [2.05, 4.69) is 0 Å². The average molecular weight is 321 g/mol. The second-order valence-electron chi connectivity index (χ2n) is 5.23. The summed E-state index contributed by atoms with van der Waals surface area (Å²) in [5, 5.41) is 0. The van der Waals surface area contributed by atoms with Crippen molar-refractivity contribution < 1.29 is 8.95 Å². The van der Waals surface area contributed by atoms with Gasteiger partial charge in [0.05, 0.1) is 7.11 Å². The van der Waals surface area contributed by atoms with E-state index in [1.165, 1.54) is 0 Å². The summed E-state index contributed by atoms with van der Waals surface area (Å²) < 4.78 is 16.9. The predicted molar refractivity (Wildman–Crippen MR) is 93.8 cm³/mol. The van der Waals surface area contributed by atoms with Crippen LogP contribution in [0.15, 0.2) is 84.9 Å². The molecular weight excluding hydrogens is 304 g/mol. The van der Waals surface area contributed by atoms with Crippen LogP contribution in [-0.2, 0) is 20.6 Å². The van der Waals surface area contributed by atoms with Gasteiger partial charge in [-0.2, -0.15) is 0 Å². The molecule has 3 aromatic carbocycles. The van der Waals surface area contributed by atoms with E-state index in [0.717, 1.165) is 22.4 Å². The molecule has 0 aromatic heterocycles. The van der Waals surface area contributed by atoms with E-state index in [4.69, 9.17) is 4.74 Å². The van der Waals surface area contributed by atoms with E-state index >= 15 is 0 Å². The zero-order valence-electron chi connectivity index (χ0n) is 12.8. The molecule has 0 atom stereocenters. The molecule has 0 spiro atoms. The van der Waals surface area contributed by atoms with Crippen LogP contribution in [-0.4, -0.2) is 7.11 Å². The Balaban J connectivity index is 2.26. The van der Waals surface area contributed by atoms with E-state index < -0.39 is 4.75 Å². The topological polar surface area (TPSA) is 26.3 Å². The average Bonchev–Trinajstić information content (AvgIpc) is 2.65. The monoisotopic (exact) mass is 321 g/mol. The molecule has 0 radical (unpaired) electrons. The Labute approximate surface area is 140 Å². The van der Waals surface area contributed by atoms with Crippen LogP contribution in [0.25, 0.3) is 0 Å². The molecule has 0 amide bonds. The fourth-order valence-electron chi connectivity index (χ4n) is 2.82. The van der Waals surface area contributed by atoms with Crippen molar-refractivity contribution in [2.45, 2.75) is 4.75 Å². The lowest BCUT2D eigenvalue weighted by Gasteiger charge is -2.19. The minimum absolute atomic E-state index is 0.599. The minimum Gasteiger partial charge on any atom is -0.497 e. The number of ether oxygens (including phenoxy) is 1. The maximum Gasteiger partial charge on any atom is 0.481 e. The van der Waals surface area contributed by atoms with Crippen molar-refractivity contribution in [1.29, 1.82) is 0 Å². The van der Waals surface area contributed by atoms with E-state index in [9.17, 15) is 4.21 Å². The summed E-state index contributed by atoms with van der Waals surface area (Å²) in [6.45, 7) is 0. The van der Waals surface area contributed by atoms with E-state index in [0.29, 0.717) is 11.7 Å². The third-order valence-corrected chi connectivity index (χ3v) is 4.94. The van der Waals surface area contributed by atoms with Gasteiger partial charge in [-0.3, -0.25) is 0 Å². The number of methoxy groups -OCH3 is 1. The van der Waals surface area contributed by atoms with Gasteiger partial charge in [0.2, 0.25) is 0 Å². The van der Waals surface area contributed by atoms with Crippen molar-refractivity contribution >= 4 is 11.7 Å². The Hall–Kier alpha value is -2.52.